The van der Waals surface area contributed by atoms with Gasteiger partial charge >= 0.3 is 0 Å². The molecule has 1 fully saturated rings. The Morgan fingerprint density at radius 1 is 1.23 bits per heavy atom. The van der Waals surface area contributed by atoms with E-state index in [1.807, 2.05) is 11.8 Å². The van der Waals surface area contributed by atoms with Crippen molar-refractivity contribution in [3.63, 3.8) is 0 Å². The molecule has 0 aromatic heterocycles. The normalized spacial score (nSPS) is 23.1. The summed E-state index contributed by atoms with van der Waals surface area (Å²) in [6.45, 7) is 5.65. The number of methoxy groups -OCH3 is 1. The quantitative estimate of drug-likeness (QED) is 0.820. The lowest BCUT2D eigenvalue weighted by atomic mass is 9.88. The number of nitrogens with one attached hydrogen (secondary N) is 1. The van der Waals surface area contributed by atoms with Gasteiger partial charge in [0.05, 0.1) is 12.8 Å². The first-order valence-electron chi connectivity index (χ1n) is 9.19. The maximum atomic E-state index is 5.38. The van der Waals surface area contributed by atoms with Crippen molar-refractivity contribution in [2.24, 2.45) is 0 Å². The predicted molar refractivity (Wildman–Crippen MR) is 113 cm³/mol. The van der Waals surface area contributed by atoms with E-state index in [-0.39, 0.29) is 12.4 Å². The number of hydrogen-bond donors (Lipinski definition) is 1. The minimum atomic E-state index is 0. The van der Waals surface area contributed by atoms with Gasteiger partial charge in [-0.1, -0.05) is 6.07 Å². The lowest BCUT2D eigenvalue weighted by Crippen LogP contribution is -2.45. The molecule has 138 valence electrons. The summed E-state index contributed by atoms with van der Waals surface area (Å²) in [5.74, 6) is 2.77. The van der Waals surface area contributed by atoms with Crippen molar-refractivity contribution in [1.82, 2.24) is 5.32 Å². The summed E-state index contributed by atoms with van der Waals surface area (Å²) in [5, 5.41) is 3.62. The summed E-state index contributed by atoms with van der Waals surface area (Å²) >= 11 is 2.03. The standard InChI is InChI=1S/C21H24N2OS.ClH/c1-13-9-15(24-2)3-4-16(13)14-10-17-18-12-22-6-5-19(18)23-7-8-25-20(11-14)21(17)23;/h3-4,9-11,18-19,22H,5-8,12H2,1-2H3;1H/t18-,19-;/m0./s1. The fourth-order valence-electron chi connectivity index (χ4n) is 4.80. The van der Waals surface area contributed by atoms with Gasteiger partial charge in [0.15, 0.2) is 0 Å². The number of piperidine rings is 1. The van der Waals surface area contributed by atoms with E-state index >= 15 is 0 Å². The second-order valence-electron chi connectivity index (χ2n) is 7.30. The highest BCUT2D eigenvalue weighted by molar-refractivity contribution is 7.99. The highest BCUT2D eigenvalue weighted by Crippen LogP contribution is 2.51. The van der Waals surface area contributed by atoms with Crippen molar-refractivity contribution >= 4 is 29.9 Å². The van der Waals surface area contributed by atoms with Crippen molar-refractivity contribution in [3.8, 4) is 16.9 Å². The fraction of sp³-hybridized carbons (Fsp3) is 0.429. The Hall–Kier alpha value is -1.36. The number of nitrogens with zero attached hydrogens (tertiary/aromatic N) is 1. The van der Waals surface area contributed by atoms with Gasteiger partial charge in [-0.05, 0) is 66.4 Å². The maximum Gasteiger partial charge on any atom is 0.119 e. The van der Waals surface area contributed by atoms with Gasteiger partial charge in [-0.25, -0.2) is 0 Å². The number of halogens is 1. The molecule has 1 saturated heterocycles. The van der Waals surface area contributed by atoms with Crippen molar-refractivity contribution < 1.29 is 4.74 Å². The molecule has 0 bridgehead atoms. The van der Waals surface area contributed by atoms with Crippen LogP contribution in [0.3, 0.4) is 0 Å². The molecule has 0 saturated carbocycles. The second kappa shape index (κ2) is 6.99. The van der Waals surface area contributed by atoms with Gasteiger partial charge in [-0.15, -0.1) is 24.2 Å². The molecule has 0 aliphatic carbocycles. The third-order valence-electron chi connectivity index (χ3n) is 5.97. The van der Waals surface area contributed by atoms with E-state index in [0.717, 1.165) is 18.8 Å². The average Bonchev–Trinajstić information content (AvgIpc) is 2.97. The van der Waals surface area contributed by atoms with E-state index in [0.29, 0.717) is 12.0 Å². The summed E-state index contributed by atoms with van der Waals surface area (Å²) in [6.07, 6.45) is 1.26. The fourth-order valence-corrected chi connectivity index (χ4v) is 5.89. The highest BCUT2D eigenvalue weighted by atomic mass is 35.5. The molecule has 26 heavy (non-hydrogen) atoms. The van der Waals surface area contributed by atoms with E-state index < -0.39 is 0 Å². The van der Waals surface area contributed by atoms with Crippen LogP contribution in [-0.2, 0) is 0 Å². The van der Waals surface area contributed by atoms with Gasteiger partial charge in [0, 0.05) is 35.7 Å². The van der Waals surface area contributed by atoms with Crippen molar-refractivity contribution in [2.45, 2.75) is 30.2 Å². The van der Waals surface area contributed by atoms with Gasteiger partial charge < -0.3 is 15.0 Å². The molecule has 3 heterocycles. The Morgan fingerprint density at radius 2 is 2.12 bits per heavy atom. The minimum absolute atomic E-state index is 0. The summed E-state index contributed by atoms with van der Waals surface area (Å²) in [7, 11) is 1.73. The second-order valence-corrected chi connectivity index (χ2v) is 8.44. The van der Waals surface area contributed by atoms with Gasteiger partial charge in [-0.3, -0.25) is 0 Å². The zero-order valence-corrected chi connectivity index (χ0v) is 16.9. The molecule has 0 amide bonds. The van der Waals surface area contributed by atoms with Crippen LogP contribution in [0.1, 0.15) is 23.5 Å². The molecule has 0 radical (unpaired) electrons. The number of thioether (sulfide) groups is 1. The molecule has 5 heteroatoms. The number of rotatable bonds is 2. The molecule has 1 N–H and O–H groups in total. The number of hydrogen-bond acceptors (Lipinski definition) is 4. The van der Waals surface area contributed by atoms with Gasteiger partial charge in [0.1, 0.15) is 5.75 Å². The number of benzene rings is 2. The summed E-state index contributed by atoms with van der Waals surface area (Å²) in [5.41, 5.74) is 7.05. The van der Waals surface area contributed by atoms with E-state index in [1.54, 1.807) is 12.7 Å². The summed E-state index contributed by atoms with van der Waals surface area (Å²) in [6, 6.07) is 12.0. The monoisotopic (exact) mass is 388 g/mol. The van der Waals surface area contributed by atoms with Crippen LogP contribution >= 0.6 is 24.2 Å². The molecule has 2 atom stereocenters. The topological polar surface area (TPSA) is 24.5 Å². The van der Waals surface area contributed by atoms with E-state index in [1.165, 1.54) is 46.0 Å². The lowest BCUT2D eigenvalue weighted by molar-refractivity contribution is 0.406. The van der Waals surface area contributed by atoms with Crippen molar-refractivity contribution in [3.05, 3.63) is 41.5 Å². The van der Waals surface area contributed by atoms with E-state index in [9.17, 15) is 0 Å². The first-order valence-corrected chi connectivity index (χ1v) is 10.2. The zero-order chi connectivity index (χ0) is 17.0. The number of ether oxygens (including phenoxy) is 1. The Balaban J connectivity index is 0.00000168. The molecular weight excluding hydrogens is 364 g/mol. The summed E-state index contributed by atoms with van der Waals surface area (Å²) < 4.78 is 5.38. The zero-order valence-electron chi connectivity index (χ0n) is 15.2. The van der Waals surface area contributed by atoms with E-state index in [2.05, 4.69) is 47.5 Å². The molecule has 3 aliphatic heterocycles. The molecule has 5 rings (SSSR count). The molecule has 0 unspecified atom stereocenters. The Morgan fingerprint density at radius 3 is 2.92 bits per heavy atom. The molecular formula is C21H25ClN2OS. The number of fused-ring (bicyclic) bond motifs is 3. The SMILES string of the molecule is COc1ccc(-c2cc3c4c(c2)[C@@H]2CNCC[C@@H]2N4CCS3)c(C)c1.Cl. The van der Waals surface area contributed by atoms with Gasteiger partial charge in [0.2, 0.25) is 0 Å². The van der Waals surface area contributed by atoms with Crippen molar-refractivity contribution in [2.75, 3.05) is 37.4 Å². The number of aryl methyl sites for hydroxylation is 1. The first kappa shape index (κ1) is 18.0. The highest BCUT2D eigenvalue weighted by Gasteiger charge is 2.42. The van der Waals surface area contributed by atoms with Crippen LogP contribution in [0.4, 0.5) is 5.69 Å². The largest absolute Gasteiger partial charge is 0.497 e. The molecule has 3 nitrogen and oxygen atoms in total. The van der Waals surface area contributed by atoms with Gasteiger partial charge in [-0.2, -0.15) is 0 Å². The third kappa shape index (κ3) is 2.70. The Bertz CT molecular complexity index is 841. The minimum Gasteiger partial charge on any atom is -0.497 e. The molecule has 0 spiro atoms. The summed E-state index contributed by atoms with van der Waals surface area (Å²) in [4.78, 5) is 4.18. The smallest absolute Gasteiger partial charge is 0.119 e. The van der Waals surface area contributed by atoms with Crippen LogP contribution in [0.2, 0.25) is 0 Å². The lowest BCUT2D eigenvalue weighted by Gasteiger charge is -2.36. The predicted octanol–water partition coefficient (Wildman–Crippen LogP) is 4.46. The molecule has 2 aromatic rings. The van der Waals surface area contributed by atoms with Crippen LogP contribution in [-0.4, -0.2) is 38.5 Å². The van der Waals surface area contributed by atoms with Crippen LogP contribution in [0, 0.1) is 6.92 Å². The molecule has 3 aliphatic rings. The van der Waals surface area contributed by atoms with E-state index in [4.69, 9.17) is 4.74 Å². The van der Waals surface area contributed by atoms with Crippen LogP contribution in [0.25, 0.3) is 11.1 Å². The van der Waals surface area contributed by atoms with Crippen LogP contribution < -0.4 is 15.0 Å². The van der Waals surface area contributed by atoms with Crippen molar-refractivity contribution in [1.29, 1.82) is 0 Å². The Kier molecular flexibility index (Phi) is 4.84. The van der Waals surface area contributed by atoms with Crippen LogP contribution in [0.15, 0.2) is 35.2 Å². The molecule has 2 aromatic carbocycles. The third-order valence-corrected chi connectivity index (χ3v) is 6.98. The number of anilines is 1. The van der Waals surface area contributed by atoms with Gasteiger partial charge in [0.25, 0.3) is 0 Å². The first-order chi connectivity index (χ1) is 12.3. The van der Waals surface area contributed by atoms with Crippen LogP contribution in [0.5, 0.6) is 5.75 Å². The average molecular weight is 389 g/mol. The Labute approximate surface area is 165 Å². The maximum absolute atomic E-state index is 5.38.